The molecule has 120 valence electrons. The van der Waals surface area contributed by atoms with E-state index in [0.29, 0.717) is 0 Å². The van der Waals surface area contributed by atoms with Gasteiger partial charge in [-0.1, -0.05) is 18.2 Å². The molecule has 23 heavy (non-hydrogen) atoms. The van der Waals surface area contributed by atoms with Gasteiger partial charge in [0.25, 0.3) is 0 Å². The Kier molecular flexibility index (Phi) is 4.63. The molecule has 0 saturated carbocycles. The van der Waals surface area contributed by atoms with E-state index in [0.717, 1.165) is 22.2 Å². The lowest BCUT2D eigenvalue weighted by molar-refractivity contribution is -0.192. The van der Waals surface area contributed by atoms with Crippen LogP contribution in [0.25, 0.3) is 22.0 Å². The average Bonchev–Trinajstić information content (AvgIpc) is 3.00. The molecule has 3 rings (SSSR count). The van der Waals surface area contributed by atoms with E-state index in [4.69, 9.17) is 9.90 Å². The lowest BCUT2D eigenvalue weighted by atomic mass is 10.0. The molecule has 0 bridgehead atoms. The maximum Gasteiger partial charge on any atom is 0.490 e. The van der Waals surface area contributed by atoms with Crippen molar-refractivity contribution in [3.8, 4) is 11.1 Å². The third-order valence-electron chi connectivity index (χ3n) is 2.92. The van der Waals surface area contributed by atoms with E-state index < -0.39 is 12.1 Å². The first kappa shape index (κ1) is 16.5. The minimum absolute atomic E-state index is 1.03. The highest BCUT2D eigenvalue weighted by molar-refractivity contribution is 5.94. The van der Waals surface area contributed by atoms with Crippen molar-refractivity contribution in [1.82, 2.24) is 15.2 Å². The van der Waals surface area contributed by atoms with Crippen LogP contribution in [0.1, 0.15) is 5.69 Å². The Hall–Kier alpha value is -2.90. The third-order valence-corrected chi connectivity index (χ3v) is 2.92. The van der Waals surface area contributed by atoms with Crippen LogP contribution in [0.3, 0.4) is 0 Å². The van der Waals surface area contributed by atoms with Crippen LogP contribution in [-0.2, 0) is 4.79 Å². The monoisotopic (exact) mass is 323 g/mol. The summed E-state index contributed by atoms with van der Waals surface area (Å²) in [5.74, 6) is -2.76. The first-order chi connectivity index (χ1) is 10.8. The van der Waals surface area contributed by atoms with E-state index in [-0.39, 0.29) is 0 Å². The number of aromatic amines is 1. The molecule has 0 unspecified atom stereocenters. The second kappa shape index (κ2) is 6.47. The molecule has 2 N–H and O–H groups in total. The average molecular weight is 323 g/mol. The van der Waals surface area contributed by atoms with Crippen molar-refractivity contribution in [2.75, 3.05) is 0 Å². The number of halogens is 3. The van der Waals surface area contributed by atoms with Crippen molar-refractivity contribution in [2.45, 2.75) is 13.1 Å². The Morgan fingerprint density at radius 3 is 2.48 bits per heavy atom. The number of pyridine rings is 1. The normalized spacial score (nSPS) is 11.0. The molecule has 0 aliphatic heterocycles. The number of nitrogens with one attached hydrogen (secondary N) is 1. The molecule has 0 spiro atoms. The zero-order valence-corrected chi connectivity index (χ0v) is 11.9. The Morgan fingerprint density at radius 2 is 1.91 bits per heavy atom. The fraction of sp³-hybridized carbons (Fsp3) is 0.133. The number of aromatic nitrogens is 3. The lowest BCUT2D eigenvalue weighted by Gasteiger charge is -2.04. The topological polar surface area (TPSA) is 78.9 Å². The van der Waals surface area contributed by atoms with Gasteiger partial charge in [-0.3, -0.25) is 10.1 Å². The highest BCUT2D eigenvalue weighted by Crippen LogP contribution is 2.26. The van der Waals surface area contributed by atoms with Crippen LogP contribution in [0.2, 0.25) is 0 Å². The molecule has 2 heterocycles. The van der Waals surface area contributed by atoms with Crippen LogP contribution in [0.5, 0.6) is 0 Å². The summed E-state index contributed by atoms with van der Waals surface area (Å²) in [6.45, 7) is 2.00. The highest BCUT2D eigenvalue weighted by Gasteiger charge is 2.38. The number of benzene rings is 1. The molecular formula is C15H12F3N3O2. The smallest absolute Gasteiger partial charge is 0.475 e. The van der Waals surface area contributed by atoms with Crippen molar-refractivity contribution in [3.63, 3.8) is 0 Å². The molecule has 8 heteroatoms. The van der Waals surface area contributed by atoms with Gasteiger partial charge in [-0.25, -0.2) is 4.79 Å². The van der Waals surface area contributed by atoms with Gasteiger partial charge >= 0.3 is 12.1 Å². The predicted octanol–water partition coefficient (Wildman–Crippen LogP) is 3.57. The summed E-state index contributed by atoms with van der Waals surface area (Å²) in [5.41, 5.74) is 4.32. The molecule has 5 nitrogen and oxygen atoms in total. The molecule has 0 amide bonds. The van der Waals surface area contributed by atoms with Crippen LogP contribution in [0.15, 0.2) is 42.7 Å². The van der Waals surface area contributed by atoms with Crippen molar-refractivity contribution < 1.29 is 23.1 Å². The van der Waals surface area contributed by atoms with Gasteiger partial charge in [0.1, 0.15) is 0 Å². The summed E-state index contributed by atoms with van der Waals surface area (Å²) >= 11 is 0. The number of rotatable bonds is 1. The molecule has 0 aliphatic carbocycles. The van der Waals surface area contributed by atoms with Crippen LogP contribution in [0, 0.1) is 6.92 Å². The molecule has 0 aliphatic rings. The van der Waals surface area contributed by atoms with E-state index in [1.54, 1.807) is 0 Å². The summed E-state index contributed by atoms with van der Waals surface area (Å²) in [5, 5.41) is 15.1. The van der Waals surface area contributed by atoms with Crippen LogP contribution in [-0.4, -0.2) is 32.4 Å². The number of aryl methyl sites for hydroxylation is 1. The zero-order chi connectivity index (χ0) is 17.0. The van der Waals surface area contributed by atoms with E-state index in [1.165, 1.54) is 5.56 Å². The number of fused-ring (bicyclic) bond motifs is 1. The second-order valence-electron chi connectivity index (χ2n) is 4.61. The maximum absolute atomic E-state index is 10.6. The number of H-pyrrole nitrogens is 1. The Labute approximate surface area is 128 Å². The Balaban J connectivity index is 0.000000236. The molecule has 0 radical (unpaired) electrons. The third kappa shape index (κ3) is 4.06. The number of carboxylic acid groups (broad SMARTS) is 1. The number of carboxylic acids is 1. The van der Waals surface area contributed by atoms with Gasteiger partial charge in [0.05, 0.1) is 11.7 Å². The molecule has 0 fully saturated rings. The summed E-state index contributed by atoms with van der Waals surface area (Å²) in [6, 6.07) is 10.3. The summed E-state index contributed by atoms with van der Waals surface area (Å²) in [7, 11) is 0. The van der Waals surface area contributed by atoms with E-state index in [2.05, 4.69) is 27.3 Å². The Morgan fingerprint density at radius 1 is 1.22 bits per heavy atom. The summed E-state index contributed by atoms with van der Waals surface area (Å²) < 4.78 is 31.7. The molecule has 0 atom stereocenters. The van der Waals surface area contributed by atoms with Crippen LogP contribution >= 0.6 is 0 Å². The summed E-state index contributed by atoms with van der Waals surface area (Å²) in [6.07, 6.45) is -1.36. The first-order valence-electron chi connectivity index (χ1n) is 6.44. The van der Waals surface area contributed by atoms with Gasteiger partial charge in [-0.05, 0) is 24.6 Å². The van der Waals surface area contributed by atoms with Crippen molar-refractivity contribution >= 4 is 16.9 Å². The van der Waals surface area contributed by atoms with Crippen molar-refractivity contribution in [3.05, 3.63) is 48.4 Å². The standard InChI is InChI=1S/C13H11N3.C2HF3O2/c1-9-5-6-12-11(10-7-14-15-8-10)3-2-4-13(12)16-9;3-2(4,5)1(6)7/h2-8H,1H3,(H,14,15);(H,6,7). The molecule has 2 aromatic heterocycles. The SMILES string of the molecule is Cc1ccc2c(-c3cn[nH]c3)cccc2n1.O=C(O)C(F)(F)F. The molecular weight excluding hydrogens is 311 g/mol. The maximum atomic E-state index is 10.6. The number of aliphatic carboxylic acids is 1. The van der Waals surface area contributed by atoms with Crippen LogP contribution < -0.4 is 0 Å². The largest absolute Gasteiger partial charge is 0.490 e. The van der Waals surface area contributed by atoms with Crippen molar-refractivity contribution in [2.24, 2.45) is 0 Å². The minimum atomic E-state index is -5.08. The fourth-order valence-electron chi connectivity index (χ4n) is 1.91. The molecule has 1 aromatic carbocycles. The van der Waals surface area contributed by atoms with Gasteiger partial charge in [-0.2, -0.15) is 18.3 Å². The van der Waals surface area contributed by atoms with Crippen LogP contribution in [0.4, 0.5) is 13.2 Å². The number of nitrogens with zero attached hydrogens (tertiary/aromatic N) is 2. The number of hydrogen-bond donors (Lipinski definition) is 2. The number of alkyl halides is 3. The van der Waals surface area contributed by atoms with E-state index in [1.807, 2.05) is 37.5 Å². The number of carbonyl (C=O) groups is 1. The van der Waals surface area contributed by atoms with E-state index >= 15 is 0 Å². The predicted molar refractivity (Wildman–Crippen MR) is 77.8 cm³/mol. The molecule has 3 aromatic rings. The Bertz CT molecular complexity index is 814. The first-order valence-corrected chi connectivity index (χ1v) is 6.44. The second-order valence-corrected chi connectivity index (χ2v) is 4.61. The van der Waals surface area contributed by atoms with Gasteiger partial charge < -0.3 is 5.11 Å². The van der Waals surface area contributed by atoms with Gasteiger partial charge in [0.15, 0.2) is 0 Å². The highest BCUT2D eigenvalue weighted by atomic mass is 19.4. The molecule has 0 saturated heterocycles. The minimum Gasteiger partial charge on any atom is -0.475 e. The van der Waals surface area contributed by atoms with Crippen molar-refractivity contribution in [1.29, 1.82) is 0 Å². The fourth-order valence-corrected chi connectivity index (χ4v) is 1.91. The van der Waals surface area contributed by atoms with Gasteiger partial charge in [0, 0.05) is 22.8 Å². The quantitative estimate of drug-likeness (QED) is 0.717. The lowest BCUT2D eigenvalue weighted by Crippen LogP contribution is -2.21. The van der Waals surface area contributed by atoms with E-state index in [9.17, 15) is 13.2 Å². The zero-order valence-electron chi connectivity index (χ0n) is 11.9. The van der Waals surface area contributed by atoms with Gasteiger partial charge in [-0.15, -0.1) is 0 Å². The van der Waals surface area contributed by atoms with Gasteiger partial charge in [0.2, 0.25) is 0 Å². The summed E-state index contributed by atoms with van der Waals surface area (Å²) in [4.78, 5) is 13.4. The number of hydrogen-bond acceptors (Lipinski definition) is 3.